The second-order valence-electron chi connectivity index (χ2n) is 3.04. The van der Waals surface area contributed by atoms with Crippen LogP contribution in [0.15, 0.2) is 0 Å². The summed E-state index contributed by atoms with van der Waals surface area (Å²) in [5, 5.41) is 8.91. The molecule has 0 bridgehead atoms. The molecule has 0 spiro atoms. The van der Waals surface area contributed by atoms with Gasteiger partial charge in [0, 0.05) is 12.1 Å². The van der Waals surface area contributed by atoms with Crippen LogP contribution in [0, 0.1) is 0 Å². The van der Waals surface area contributed by atoms with Crippen molar-refractivity contribution in [1.29, 1.82) is 0 Å². The molecule has 3 nitrogen and oxygen atoms in total. The Kier molecular flexibility index (Phi) is 2.65. The molecule has 3 heteroatoms. The molecule has 1 heterocycles. The minimum Gasteiger partial charge on any atom is -0.395 e. The van der Waals surface area contributed by atoms with Gasteiger partial charge in [0.2, 0.25) is 0 Å². The van der Waals surface area contributed by atoms with Crippen molar-refractivity contribution in [2.75, 3.05) is 20.2 Å². The van der Waals surface area contributed by atoms with Gasteiger partial charge in [-0.15, -0.1) is 0 Å². The maximum Gasteiger partial charge on any atom is 0.0601 e. The van der Waals surface area contributed by atoms with Crippen LogP contribution in [0.1, 0.15) is 12.8 Å². The Morgan fingerprint density at radius 2 is 2.40 bits per heavy atom. The first kappa shape index (κ1) is 7.98. The summed E-state index contributed by atoms with van der Waals surface area (Å²) in [6, 6.07) is 0.359. The standard InChI is InChI=1S/C7H16N2O/c1-9-4-2-3-6(8)7(9)5-10/h6-7,10H,2-5,8H2,1H3. The highest BCUT2D eigenvalue weighted by Gasteiger charge is 2.24. The average molecular weight is 144 g/mol. The predicted octanol–water partition coefficient (Wildman–Crippen LogP) is -0.600. The first-order valence-corrected chi connectivity index (χ1v) is 3.82. The van der Waals surface area contributed by atoms with Crippen molar-refractivity contribution in [1.82, 2.24) is 4.90 Å². The van der Waals surface area contributed by atoms with Gasteiger partial charge in [-0.25, -0.2) is 0 Å². The van der Waals surface area contributed by atoms with Gasteiger partial charge in [-0.05, 0) is 26.4 Å². The molecule has 60 valence electrons. The van der Waals surface area contributed by atoms with Crippen molar-refractivity contribution < 1.29 is 5.11 Å². The predicted molar refractivity (Wildman–Crippen MR) is 40.7 cm³/mol. The minimum atomic E-state index is 0.170. The Hall–Kier alpha value is -0.120. The van der Waals surface area contributed by atoms with Crippen molar-refractivity contribution in [3.05, 3.63) is 0 Å². The van der Waals surface area contributed by atoms with E-state index in [-0.39, 0.29) is 18.7 Å². The topological polar surface area (TPSA) is 49.5 Å². The van der Waals surface area contributed by atoms with E-state index in [1.165, 1.54) is 0 Å². The maximum absolute atomic E-state index is 8.91. The molecule has 2 atom stereocenters. The lowest BCUT2D eigenvalue weighted by atomic mass is 9.98. The lowest BCUT2D eigenvalue weighted by molar-refractivity contribution is 0.0972. The first-order chi connectivity index (χ1) is 4.75. The molecule has 1 rings (SSSR count). The average Bonchev–Trinajstić information content (AvgIpc) is 1.88. The van der Waals surface area contributed by atoms with Gasteiger partial charge >= 0.3 is 0 Å². The van der Waals surface area contributed by atoms with Gasteiger partial charge in [0.25, 0.3) is 0 Å². The van der Waals surface area contributed by atoms with Gasteiger partial charge < -0.3 is 10.8 Å². The molecule has 0 radical (unpaired) electrons. The maximum atomic E-state index is 8.91. The van der Waals surface area contributed by atoms with Crippen LogP contribution < -0.4 is 5.73 Å². The van der Waals surface area contributed by atoms with Gasteiger partial charge in [0.1, 0.15) is 0 Å². The summed E-state index contributed by atoms with van der Waals surface area (Å²) in [5.41, 5.74) is 5.78. The van der Waals surface area contributed by atoms with Crippen molar-refractivity contribution in [2.24, 2.45) is 5.73 Å². The Labute approximate surface area is 61.8 Å². The molecule has 2 unspecified atom stereocenters. The molecular weight excluding hydrogens is 128 g/mol. The Morgan fingerprint density at radius 1 is 1.70 bits per heavy atom. The molecular formula is C7H16N2O. The zero-order valence-electron chi connectivity index (χ0n) is 6.45. The largest absolute Gasteiger partial charge is 0.395 e. The highest BCUT2D eigenvalue weighted by molar-refractivity contribution is 4.84. The number of rotatable bonds is 1. The van der Waals surface area contributed by atoms with Crippen molar-refractivity contribution in [3.63, 3.8) is 0 Å². The third-order valence-corrected chi connectivity index (χ3v) is 2.30. The van der Waals surface area contributed by atoms with Crippen molar-refractivity contribution >= 4 is 0 Å². The van der Waals surface area contributed by atoms with E-state index in [2.05, 4.69) is 4.90 Å². The fourth-order valence-corrected chi connectivity index (χ4v) is 1.54. The lowest BCUT2D eigenvalue weighted by Crippen LogP contribution is -2.52. The Morgan fingerprint density at radius 3 is 2.80 bits per heavy atom. The van der Waals surface area contributed by atoms with E-state index in [1.54, 1.807) is 0 Å². The SMILES string of the molecule is CN1CCCC(N)C1CO. The molecule has 0 aromatic heterocycles. The quantitative estimate of drug-likeness (QED) is 0.516. The molecule has 0 amide bonds. The summed E-state index contributed by atoms with van der Waals surface area (Å²) in [4.78, 5) is 2.13. The summed E-state index contributed by atoms with van der Waals surface area (Å²) in [7, 11) is 2.01. The van der Waals surface area contributed by atoms with Crippen LogP contribution in [-0.4, -0.2) is 42.3 Å². The van der Waals surface area contributed by atoms with Crippen molar-refractivity contribution in [2.45, 2.75) is 24.9 Å². The molecule has 0 aromatic carbocycles. The highest BCUT2D eigenvalue weighted by Crippen LogP contribution is 2.12. The molecule has 0 aliphatic carbocycles. The molecule has 1 saturated heterocycles. The highest BCUT2D eigenvalue weighted by atomic mass is 16.3. The van der Waals surface area contributed by atoms with Crippen LogP contribution in [0.5, 0.6) is 0 Å². The molecule has 1 aliphatic rings. The van der Waals surface area contributed by atoms with Crippen molar-refractivity contribution in [3.8, 4) is 0 Å². The Balaban J connectivity index is 2.45. The van der Waals surface area contributed by atoms with Crippen LogP contribution in [0.3, 0.4) is 0 Å². The number of nitrogens with zero attached hydrogens (tertiary/aromatic N) is 1. The molecule has 1 aliphatic heterocycles. The summed E-state index contributed by atoms with van der Waals surface area (Å²) >= 11 is 0. The number of nitrogens with two attached hydrogens (primary N) is 1. The summed E-state index contributed by atoms with van der Waals surface area (Å²) in [6.07, 6.45) is 2.21. The lowest BCUT2D eigenvalue weighted by Gasteiger charge is -2.35. The normalized spacial score (nSPS) is 36.3. The number of piperidine rings is 1. The van der Waals surface area contributed by atoms with Crippen LogP contribution in [0.25, 0.3) is 0 Å². The van der Waals surface area contributed by atoms with Gasteiger partial charge in [-0.3, -0.25) is 4.90 Å². The third-order valence-electron chi connectivity index (χ3n) is 2.30. The number of likely N-dealkylation sites (N-methyl/N-ethyl adjacent to an activating group) is 1. The van der Waals surface area contributed by atoms with Gasteiger partial charge in [-0.1, -0.05) is 0 Å². The van der Waals surface area contributed by atoms with Crippen LogP contribution in [-0.2, 0) is 0 Å². The number of aliphatic hydroxyl groups is 1. The van der Waals surface area contributed by atoms with E-state index < -0.39 is 0 Å². The second-order valence-corrected chi connectivity index (χ2v) is 3.04. The number of hydrogen-bond acceptors (Lipinski definition) is 3. The zero-order valence-corrected chi connectivity index (χ0v) is 6.45. The van der Waals surface area contributed by atoms with E-state index in [1.807, 2.05) is 7.05 Å². The summed E-state index contributed by atoms with van der Waals surface area (Å²) in [6.45, 7) is 1.26. The molecule has 3 N–H and O–H groups in total. The monoisotopic (exact) mass is 144 g/mol. The van der Waals surface area contributed by atoms with E-state index in [0.717, 1.165) is 19.4 Å². The fraction of sp³-hybridized carbons (Fsp3) is 1.00. The fourth-order valence-electron chi connectivity index (χ4n) is 1.54. The zero-order chi connectivity index (χ0) is 7.56. The van der Waals surface area contributed by atoms with Crippen LogP contribution in [0.4, 0.5) is 0 Å². The molecule has 0 saturated carbocycles. The van der Waals surface area contributed by atoms with E-state index in [9.17, 15) is 0 Å². The summed E-state index contributed by atoms with van der Waals surface area (Å²) in [5.74, 6) is 0. The van der Waals surface area contributed by atoms with Gasteiger partial charge in [0.05, 0.1) is 6.61 Å². The number of hydrogen-bond donors (Lipinski definition) is 2. The number of aliphatic hydroxyl groups excluding tert-OH is 1. The van der Waals surface area contributed by atoms with Crippen LogP contribution in [0.2, 0.25) is 0 Å². The van der Waals surface area contributed by atoms with E-state index >= 15 is 0 Å². The second kappa shape index (κ2) is 3.32. The molecule has 0 aromatic rings. The summed E-state index contributed by atoms with van der Waals surface area (Å²) < 4.78 is 0. The van der Waals surface area contributed by atoms with Crippen LogP contribution >= 0.6 is 0 Å². The Bertz CT molecular complexity index is 97.8. The van der Waals surface area contributed by atoms with Gasteiger partial charge in [0.15, 0.2) is 0 Å². The molecule has 1 fully saturated rings. The minimum absolute atomic E-state index is 0.170. The third kappa shape index (κ3) is 1.48. The first-order valence-electron chi connectivity index (χ1n) is 3.82. The van der Waals surface area contributed by atoms with E-state index in [0.29, 0.717) is 0 Å². The molecule has 10 heavy (non-hydrogen) atoms. The number of likely N-dealkylation sites (tertiary alicyclic amines) is 1. The van der Waals surface area contributed by atoms with Gasteiger partial charge in [-0.2, -0.15) is 0 Å². The van der Waals surface area contributed by atoms with E-state index in [4.69, 9.17) is 10.8 Å². The smallest absolute Gasteiger partial charge is 0.0601 e.